The number of nitrogens with zero attached hydrogens (tertiary/aromatic N) is 2. The van der Waals surface area contributed by atoms with Gasteiger partial charge in [-0.25, -0.2) is 0 Å². The fraction of sp³-hybridized carbons (Fsp3) is 0.929. The van der Waals surface area contributed by atoms with E-state index in [1.54, 1.807) is 0 Å². The number of nitrogens with two attached hydrogens (primary N) is 1. The van der Waals surface area contributed by atoms with Gasteiger partial charge in [-0.3, -0.25) is 4.79 Å². The number of rotatable bonds is 6. The second-order valence-electron chi connectivity index (χ2n) is 6.03. The smallest absolute Gasteiger partial charge is 0.239 e. The molecule has 2 atom stereocenters. The fourth-order valence-electron chi connectivity index (χ4n) is 2.59. The minimum atomic E-state index is -0.312. The molecule has 106 valence electrons. The fourth-order valence-corrected chi connectivity index (χ4v) is 2.59. The third-order valence-electron chi connectivity index (χ3n) is 3.75. The van der Waals surface area contributed by atoms with Crippen LogP contribution >= 0.6 is 0 Å². The van der Waals surface area contributed by atoms with Crippen molar-refractivity contribution < 1.29 is 4.79 Å². The maximum atomic E-state index is 12.2. The summed E-state index contributed by atoms with van der Waals surface area (Å²) in [6.45, 7) is 10.3. The zero-order chi connectivity index (χ0) is 13.7. The van der Waals surface area contributed by atoms with Gasteiger partial charge in [0.2, 0.25) is 5.91 Å². The standard InChI is InChI=1S/C14H29N3O/c1-5-16(4)9-12-6-7-17(10-12)14(18)13(15)8-11(2)3/h11-13H,5-10,15H2,1-4H3/t12?,13-/m0/s1. The Hall–Kier alpha value is -0.610. The Kier molecular flexibility index (Phi) is 6.09. The Morgan fingerprint density at radius 1 is 1.50 bits per heavy atom. The van der Waals surface area contributed by atoms with Crippen LogP contribution in [0.3, 0.4) is 0 Å². The molecule has 4 heteroatoms. The molecule has 4 nitrogen and oxygen atoms in total. The van der Waals surface area contributed by atoms with Crippen molar-refractivity contribution in [2.24, 2.45) is 17.6 Å². The quantitative estimate of drug-likeness (QED) is 0.775. The van der Waals surface area contributed by atoms with Crippen LogP contribution in [0.5, 0.6) is 0 Å². The number of carbonyl (C=O) groups excluding carboxylic acids is 1. The van der Waals surface area contributed by atoms with E-state index in [0.29, 0.717) is 11.8 Å². The zero-order valence-electron chi connectivity index (χ0n) is 12.4. The van der Waals surface area contributed by atoms with Crippen molar-refractivity contribution in [3.05, 3.63) is 0 Å². The van der Waals surface area contributed by atoms with E-state index in [1.807, 2.05) is 4.90 Å². The van der Waals surface area contributed by atoms with Crippen molar-refractivity contribution in [2.75, 3.05) is 33.2 Å². The maximum absolute atomic E-state index is 12.2. The number of amides is 1. The van der Waals surface area contributed by atoms with Gasteiger partial charge in [-0.2, -0.15) is 0 Å². The number of hydrogen-bond donors (Lipinski definition) is 1. The minimum absolute atomic E-state index is 0.144. The molecule has 0 bridgehead atoms. The van der Waals surface area contributed by atoms with E-state index in [2.05, 4.69) is 32.7 Å². The summed E-state index contributed by atoms with van der Waals surface area (Å²) in [5, 5.41) is 0. The predicted octanol–water partition coefficient (Wildman–Crippen LogP) is 1.16. The second kappa shape index (κ2) is 7.10. The largest absolute Gasteiger partial charge is 0.341 e. The average molecular weight is 255 g/mol. The van der Waals surface area contributed by atoms with Crippen molar-refractivity contribution in [1.29, 1.82) is 0 Å². The molecule has 1 unspecified atom stereocenters. The van der Waals surface area contributed by atoms with Crippen LogP contribution < -0.4 is 5.73 Å². The van der Waals surface area contributed by atoms with Crippen LogP contribution in [0.25, 0.3) is 0 Å². The highest BCUT2D eigenvalue weighted by atomic mass is 16.2. The van der Waals surface area contributed by atoms with Gasteiger partial charge in [-0.05, 0) is 38.3 Å². The van der Waals surface area contributed by atoms with E-state index in [4.69, 9.17) is 5.73 Å². The molecule has 1 aliphatic heterocycles. The van der Waals surface area contributed by atoms with Crippen molar-refractivity contribution in [1.82, 2.24) is 9.80 Å². The van der Waals surface area contributed by atoms with E-state index in [-0.39, 0.29) is 11.9 Å². The third-order valence-corrected chi connectivity index (χ3v) is 3.75. The van der Waals surface area contributed by atoms with Gasteiger partial charge in [0, 0.05) is 19.6 Å². The summed E-state index contributed by atoms with van der Waals surface area (Å²) >= 11 is 0. The molecule has 2 N–H and O–H groups in total. The van der Waals surface area contributed by atoms with Gasteiger partial charge >= 0.3 is 0 Å². The summed E-state index contributed by atoms with van der Waals surface area (Å²) < 4.78 is 0. The molecule has 0 spiro atoms. The predicted molar refractivity (Wildman–Crippen MR) is 75.3 cm³/mol. The second-order valence-corrected chi connectivity index (χ2v) is 6.03. The summed E-state index contributed by atoms with van der Waals surface area (Å²) in [5.41, 5.74) is 5.97. The lowest BCUT2D eigenvalue weighted by Gasteiger charge is -2.23. The van der Waals surface area contributed by atoms with Crippen LogP contribution in [0, 0.1) is 11.8 Å². The SMILES string of the molecule is CCN(C)CC1CCN(C(=O)[C@@H](N)CC(C)C)C1. The van der Waals surface area contributed by atoms with Gasteiger partial charge < -0.3 is 15.5 Å². The number of carbonyl (C=O) groups is 1. The minimum Gasteiger partial charge on any atom is -0.341 e. The normalized spacial score (nSPS) is 21.9. The first-order valence-electron chi connectivity index (χ1n) is 7.16. The van der Waals surface area contributed by atoms with Gasteiger partial charge in [0.05, 0.1) is 6.04 Å². The molecule has 1 saturated heterocycles. The zero-order valence-corrected chi connectivity index (χ0v) is 12.4. The topological polar surface area (TPSA) is 49.6 Å². The Morgan fingerprint density at radius 2 is 2.17 bits per heavy atom. The molecule has 0 aromatic heterocycles. The average Bonchev–Trinajstić information content (AvgIpc) is 2.75. The molecule has 18 heavy (non-hydrogen) atoms. The maximum Gasteiger partial charge on any atom is 0.239 e. The van der Waals surface area contributed by atoms with Crippen molar-refractivity contribution >= 4 is 5.91 Å². The van der Waals surface area contributed by atoms with E-state index < -0.39 is 0 Å². The number of hydrogen-bond acceptors (Lipinski definition) is 3. The summed E-state index contributed by atoms with van der Waals surface area (Å²) in [7, 11) is 2.13. The molecule has 0 radical (unpaired) electrons. The van der Waals surface area contributed by atoms with Crippen LogP contribution in [0.1, 0.15) is 33.6 Å². The monoisotopic (exact) mass is 255 g/mol. The summed E-state index contributed by atoms with van der Waals surface area (Å²) in [5.74, 6) is 1.24. The van der Waals surface area contributed by atoms with Crippen LogP contribution in [0.4, 0.5) is 0 Å². The van der Waals surface area contributed by atoms with Gasteiger partial charge in [0.1, 0.15) is 0 Å². The van der Waals surface area contributed by atoms with E-state index in [1.165, 1.54) is 0 Å². The van der Waals surface area contributed by atoms with Crippen LogP contribution in [-0.2, 0) is 4.79 Å². The van der Waals surface area contributed by atoms with Crippen LogP contribution in [-0.4, -0.2) is 55.0 Å². The summed E-state index contributed by atoms with van der Waals surface area (Å²) in [6.07, 6.45) is 1.90. The Labute approximate surface area is 111 Å². The molecule has 1 rings (SSSR count). The first-order valence-corrected chi connectivity index (χ1v) is 7.16. The Balaban J connectivity index is 2.38. The number of likely N-dealkylation sites (tertiary alicyclic amines) is 1. The van der Waals surface area contributed by atoms with Gasteiger partial charge in [0.25, 0.3) is 0 Å². The van der Waals surface area contributed by atoms with Gasteiger partial charge in [0.15, 0.2) is 0 Å². The molecule has 0 aromatic carbocycles. The molecule has 0 aliphatic carbocycles. The van der Waals surface area contributed by atoms with Crippen molar-refractivity contribution in [3.63, 3.8) is 0 Å². The van der Waals surface area contributed by atoms with Crippen LogP contribution in [0.15, 0.2) is 0 Å². The summed E-state index contributed by atoms with van der Waals surface area (Å²) in [4.78, 5) is 16.4. The molecule has 1 aliphatic rings. The van der Waals surface area contributed by atoms with Crippen molar-refractivity contribution in [3.8, 4) is 0 Å². The lowest BCUT2D eigenvalue weighted by molar-refractivity contribution is -0.132. The highest BCUT2D eigenvalue weighted by Gasteiger charge is 2.29. The molecule has 1 amide bonds. The molecule has 0 aromatic rings. The Morgan fingerprint density at radius 3 is 2.72 bits per heavy atom. The molecule has 0 saturated carbocycles. The van der Waals surface area contributed by atoms with Crippen LogP contribution in [0.2, 0.25) is 0 Å². The first kappa shape index (κ1) is 15.4. The molecular formula is C14H29N3O. The van der Waals surface area contributed by atoms with Crippen molar-refractivity contribution in [2.45, 2.75) is 39.7 Å². The molecular weight excluding hydrogens is 226 g/mol. The summed E-state index contributed by atoms with van der Waals surface area (Å²) in [6, 6.07) is -0.312. The highest BCUT2D eigenvalue weighted by molar-refractivity contribution is 5.81. The first-order chi connectivity index (χ1) is 8.43. The molecule has 1 fully saturated rings. The third kappa shape index (κ3) is 4.58. The Bertz CT molecular complexity index is 268. The van der Waals surface area contributed by atoms with Gasteiger partial charge in [-0.15, -0.1) is 0 Å². The van der Waals surface area contributed by atoms with E-state index in [9.17, 15) is 4.79 Å². The van der Waals surface area contributed by atoms with E-state index >= 15 is 0 Å². The van der Waals surface area contributed by atoms with E-state index in [0.717, 1.165) is 39.0 Å². The lowest BCUT2D eigenvalue weighted by atomic mass is 10.0. The highest BCUT2D eigenvalue weighted by Crippen LogP contribution is 2.18. The van der Waals surface area contributed by atoms with Gasteiger partial charge in [-0.1, -0.05) is 20.8 Å². The lowest BCUT2D eigenvalue weighted by Crippen LogP contribution is -2.43. The molecule has 1 heterocycles.